The molecule has 0 aliphatic carbocycles. The Morgan fingerprint density at radius 1 is 0.969 bits per heavy atom. The second-order valence-corrected chi connectivity index (χ2v) is 8.64. The van der Waals surface area contributed by atoms with E-state index in [0.29, 0.717) is 0 Å². The van der Waals surface area contributed by atoms with E-state index in [-0.39, 0.29) is 30.5 Å². The van der Waals surface area contributed by atoms with Crippen LogP contribution in [0.3, 0.4) is 0 Å². The number of aliphatic carboxylic acids is 1. The molecular formula is C26H42O6. The molecule has 0 radical (unpaired) electrons. The zero-order valence-electron chi connectivity index (χ0n) is 20.5. The molecule has 32 heavy (non-hydrogen) atoms. The van der Waals surface area contributed by atoms with Gasteiger partial charge in [-0.3, -0.25) is 0 Å². The van der Waals surface area contributed by atoms with Crippen LogP contribution in [0.4, 0.5) is 0 Å². The van der Waals surface area contributed by atoms with E-state index in [1.807, 2.05) is 65.8 Å². The lowest BCUT2D eigenvalue weighted by atomic mass is 9.80. The Labute approximate surface area is 193 Å². The summed E-state index contributed by atoms with van der Waals surface area (Å²) in [6.07, 6.45) is 11.6. The maximum atomic E-state index is 10.9. The average Bonchev–Trinajstić information content (AvgIpc) is 2.74. The van der Waals surface area contributed by atoms with Crippen molar-refractivity contribution in [3.05, 3.63) is 59.8 Å². The molecule has 6 heteroatoms. The highest BCUT2D eigenvalue weighted by Crippen LogP contribution is 2.28. The van der Waals surface area contributed by atoms with Crippen molar-refractivity contribution < 1.29 is 30.0 Å². The van der Waals surface area contributed by atoms with Gasteiger partial charge in [-0.1, -0.05) is 75.8 Å². The number of carboxylic acid groups (broad SMARTS) is 1. The maximum Gasteiger partial charge on any atom is 0.328 e. The van der Waals surface area contributed by atoms with Gasteiger partial charge in [0.05, 0.1) is 18.3 Å². The van der Waals surface area contributed by atoms with Crippen LogP contribution >= 0.6 is 0 Å². The lowest BCUT2D eigenvalue weighted by Crippen LogP contribution is -2.42. The van der Waals surface area contributed by atoms with Gasteiger partial charge >= 0.3 is 5.97 Å². The van der Waals surface area contributed by atoms with Crippen molar-refractivity contribution in [2.24, 2.45) is 23.7 Å². The molecule has 6 nitrogen and oxygen atoms in total. The van der Waals surface area contributed by atoms with Gasteiger partial charge < -0.3 is 25.2 Å². The molecule has 0 aromatic heterocycles. The predicted octanol–water partition coefficient (Wildman–Crippen LogP) is 3.91. The first-order chi connectivity index (χ1) is 15.0. The Hall–Kier alpha value is -1.99. The Morgan fingerprint density at radius 3 is 2.09 bits per heavy atom. The summed E-state index contributed by atoms with van der Waals surface area (Å²) >= 11 is 0. The largest absolute Gasteiger partial charge is 0.478 e. The lowest BCUT2D eigenvalue weighted by Gasteiger charge is -2.35. The zero-order chi connectivity index (χ0) is 24.8. The van der Waals surface area contributed by atoms with Crippen molar-refractivity contribution in [3.8, 4) is 0 Å². The number of ether oxygens (including phenoxy) is 1. The molecule has 182 valence electrons. The number of hydrogen-bond acceptors (Lipinski definition) is 5. The predicted molar refractivity (Wildman–Crippen MR) is 129 cm³/mol. The second-order valence-electron chi connectivity index (χ2n) is 8.64. The van der Waals surface area contributed by atoms with Crippen molar-refractivity contribution in [2.45, 2.75) is 59.9 Å². The lowest BCUT2D eigenvalue weighted by molar-refractivity contribution is -0.131. The summed E-state index contributed by atoms with van der Waals surface area (Å²) in [6.45, 7) is 11.5. The molecule has 0 aromatic carbocycles. The summed E-state index contributed by atoms with van der Waals surface area (Å²) in [5.74, 6) is -1.61. The van der Waals surface area contributed by atoms with Crippen molar-refractivity contribution in [1.82, 2.24) is 0 Å². The van der Waals surface area contributed by atoms with Crippen molar-refractivity contribution in [3.63, 3.8) is 0 Å². The number of methoxy groups -OCH3 is 1. The first-order valence-electron chi connectivity index (χ1n) is 11.1. The van der Waals surface area contributed by atoms with Gasteiger partial charge in [0.15, 0.2) is 0 Å². The van der Waals surface area contributed by atoms with Crippen molar-refractivity contribution in [1.29, 1.82) is 0 Å². The first kappa shape index (κ1) is 30.0. The van der Waals surface area contributed by atoms with Gasteiger partial charge in [-0.05, 0) is 25.3 Å². The molecule has 0 amide bonds. The van der Waals surface area contributed by atoms with E-state index in [0.717, 1.165) is 17.2 Å². The third-order valence-corrected chi connectivity index (χ3v) is 5.63. The molecule has 0 aromatic rings. The Bertz CT molecular complexity index is 703. The number of hydrogen-bond donors (Lipinski definition) is 4. The monoisotopic (exact) mass is 450 g/mol. The van der Waals surface area contributed by atoms with Gasteiger partial charge in [-0.15, -0.1) is 0 Å². The SMILES string of the molecule is COC(C(C)/C=C/C=C/C=C/C(=O)O)C(C)C(O)C(C)C(O)/C(C)=C/C(C)=C/C(C)CO. The molecule has 0 saturated carbocycles. The molecule has 0 spiro atoms. The number of rotatable bonds is 14. The second kappa shape index (κ2) is 15.8. The summed E-state index contributed by atoms with van der Waals surface area (Å²) < 4.78 is 5.66. The summed E-state index contributed by atoms with van der Waals surface area (Å²) in [7, 11) is 1.60. The highest BCUT2D eigenvalue weighted by atomic mass is 16.5. The van der Waals surface area contributed by atoms with Gasteiger partial charge in [-0.2, -0.15) is 0 Å². The molecule has 0 aliphatic rings. The number of carboxylic acids is 1. The van der Waals surface area contributed by atoms with Crippen LogP contribution in [0.5, 0.6) is 0 Å². The molecule has 0 aliphatic heterocycles. The normalized spacial score (nSPS) is 20.4. The van der Waals surface area contributed by atoms with Gasteiger partial charge in [0.1, 0.15) is 0 Å². The number of aliphatic hydroxyl groups is 3. The highest BCUT2D eigenvalue weighted by Gasteiger charge is 2.34. The maximum absolute atomic E-state index is 10.9. The zero-order valence-corrected chi connectivity index (χ0v) is 20.5. The molecule has 7 unspecified atom stereocenters. The van der Waals surface area contributed by atoms with Crippen LogP contribution in [0.15, 0.2) is 59.8 Å². The number of aliphatic hydroxyl groups excluding tert-OH is 3. The number of allylic oxidation sites excluding steroid dienone is 6. The minimum Gasteiger partial charge on any atom is -0.478 e. The van der Waals surface area contributed by atoms with E-state index in [4.69, 9.17) is 9.84 Å². The smallest absolute Gasteiger partial charge is 0.328 e. The molecule has 0 saturated heterocycles. The number of carbonyl (C=O) groups is 1. The summed E-state index contributed by atoms with van der Waals surface area (Å²) in [4.78, 5) is 10.4. The van der Waals surface area contributed by atoms with Crippen LogP contribution in [0.1, 0.15) is 41.5 Å². The molecule has 0 heterocycles. The molecule has 7 atom stereocenters. The molecule has 4 N–H and O–H groups in total. The van der Waals surface area contributed by atoms with E-state index in [9.17, 15) is 20.1 Å². The average molecular weight is 451 g/mol. The van der Waals surface area contributed by atoms with Crippen LogP contribution in [0.2, 0.25) is 0 Å². The fourth-order valence-electron chi connectivity index (χ4n) is 3.79. The minimum atomic E-state index is -0.999. The minimum absolute atomic E-state index is 0.0103. The summed E-state index contributed by atoms with van der Waals surface area (Å²) in [5.41, 5.74) is 1.71. The van der Waals surface area contributed by atoms with Gasteiger partial charge in [0.25, 0.3) is 0 Å². The van der Waals surface area contributed by atoms with E-state index in [2.05, 4.69) is 0 Å². The van der Waals surface area contributed by atoms with Crippen LogP contribution in [-0.4, -0.2) is 58.4 Å². The third kappa shape index (κ3) is 11.0. The topological polar surface area (TPSA) is 107 Å². The van der Waals surface area contributed by atoms with Crippen LogP contribution in [0.25, 0.3) is 0 Å². The Kier molecular flexibility index (Phi) is 14.8. The Morgan fingerprint density at radius 2 is 1.56 bits per heavy atom. The van der Waals surface area contributed by atoms with E-state index in [1.54, 1.807) is 19.3 Å². The van der Waals surface area contributed by atoms with Crippen LogP contribution in [0, 0.1) is 23.7 Å². The van der Waals surface area contributed by atoms with Gasteiger partial charge in [0.2, 0.25) is 0 Å². The highest BCUT2D eigenvalue weighted by molar-refractivity contribution is 5.80. The van der Waals surface area contributed by atoms with E-state index >= 15 is 0 Å². The molecular weight excluding hydrogens is 408 g/mol. The summed E-state index contributed by atoms with van der Waals surface area (Å²) in [5, 5.41) is 39.5. The third-order valence-electron chi connectivity index (χ3n) is 5.63. The fourth-order valence-corrected chi connectivity index (χ4v) is 3.79. The quantitative estimate of drug-likeness (QED) is 0.236. The van der Waals surface area contributed by atoms with E-state index in [1.165, 1.54) is 6.08 Å². The fraction of sp³-hybridized carbons (Fsp3) is 0.577. The first-order valence-corrected chi connectivity index (χ1v) is 11.1. The van der Waals surface area contributed by atoms with Crippen LogP contribution in [-0.2, 0) is 9.53 Å². The van der Waals surface area contributed by atoms with Crippen molar-refractivity contribution in [2.75, 3.05) is 13.7 Å². The van der Waals surface area contributed by atoms with Crippen LogP contribution < -0.4 is 0 Å². The van der Waals surface area contributed by atoms with Gasteiger partial charge in [-0.25, -0.2) is 4.79 Å². The molecule has 0 bridgehead atoms. The van der Waals surface area contributed by atoms with Crippen molar-refractivity contribution >= 4 is 5.97 Å². The molecule has 0 rings (SSSR count). The van der Waals surface area contributed by atoms with Gasteiger partial charge in [0, 0.05) is 37.5 Å². The molecule has 0 fully saturated rings. The standard InChI is InChI=1S/C26H42O6/c1-17(14-18(2)16-27)15-20(4)24(30)21(5)25(31)22(6)26(32-7)19(3)12-10-8-9-11-13-23(28)29/h8-15,18-19,21-22,24-27,30-31H,16H2,1-7H3,(H,28,29)/b9-8+,12-10+,13-11+,17-14+,20-15+. The Balaban J connectivity index is 5.20. The summed E-state index contributed by atoms with van der Waals surface area (Å²) in [6, 6.07) is 0. The van der Waals surface area contributed by atoms with E-state index < -0.39 is 24.1 Å².